The van der Waals surface area contributed by atoms with Crippen LogP contribution in [0.25, 0.3) is 0 Å². The van der Waals surface area contributed by atoms with Gasteiger partial charge in [-0.15, -0.1) is 11.8 Å². The quantitative estimate of drug-likeness (QED) is 0.608. The van der Waals surface area contributed by atoms with E-state index in [0.29, 0.717) is 10.9 Å². The molecule has 0 heterocycles. The van der Waals surface area contributed by atoms with Crippen molar-refractivity contribution in [2.45, 2.75) is 30.4 Å². The Kier molecular flexibility index (Phi) is 4.78. The first-order valence-electron chi connectivity index (χ1n) is 6.33. The Morgan fingerprint density at radius 1 is 1.11 bits per heavy atom. The Balaban J connectivity index is 2.02. The lowest BCUT2D eigenvalue weighted by atomic mass is 10.0. The summed E-state index contributed by atoms with van der Waals surface area (Å²) in [4.78, 5) is 1.08. The van der Waals surface area contributed by atoms with Crippen LogP contribution in [0.1, 0.15) is 30.9 Å². The lowest BCUT2D eigenvalue weighted by Crippen LogP contribution is -1.90. The van der Waals surface area contributed by atoms with Gasteiger partial charge >= 0.3 is 0 Å². The monoisotopic (exact) mass is 291 g/mol. The van der Waals surface area contributed by atoms with Crippen molar-refractivity contribution in [2.75, 3.05) is 5.73 Å². The van der Waals surface area contributed by atoms with E-state index >= 15 is 0 Å². The van der Waals surface area contributed by atoms with Crippen LogP contribution in [0.15, 0.2) is 47.4 Å². The molecule has 0 atom stereocenters. The second kappa shape index (κ2) is 6.36. The molecule has 0 aliphatic heterocycles. The zero-order valence-corrected chi connectivity index (χ0v) is 12.8. The summed E-state index contributed by atoms with van der Waals surface area (Å²) in [5.41, 5.74) is 9.37. The predicted molar refractivity (Wildman–Crippen MR) is 86.0 cm³/mol. The van der Waals surface area contributed by atoms with E-state index in [9.17, 15) is 0 Å². The van der Waals surface area contributed by atoms with Gasteiger partial charge in [0.15, 0.2) is 0 Å². The van der Waals surface area contributed by atoms with Crippen molar-refractivity contribution >= 4 is 29.1 Å². The molecule has 0 bridgehead atoms. The van der Waals surface area contributed by atoms with Crippen LogP contribution < -0.4 is 5.73 Å². The molecule has 0 amide bonds. The van der Waals surface area contributed by atoms with Crippen molar-refractivity contribution in [3.8, 4) is 0 Å². The van der Waals surface area contributed by atoms with Crippen molar-refractivity contribution in [3.63, 3.8) is 0 Å². The average Bonchev–Trinajstić information content (AvgIpc) is 2.38. The minimum absolute atomic E-state index is 0.577. The van der Waals surface area contributed by atoms with E-state index in [0.717, 1.165) is 16.3 Å². The third-order valence-corrected chi connectivity index (χ3v) is 4.41. The highest BCUT2D eigenvalue weighted by Gasteiger charge is 2.03. The third kappa shape index (κ3) is 3.92. The van der Waals surface area contributed by atoms with E-state index in [4.69, 9.17) is 17.3 Å². The number of hydrogen-bond acceptors (Lipinski definition) is 2. The number of rotatable bonds is 4. The standard InChI is InChI=1S/C16H18ClNS/c1-11(2)13-5-3-12(4-6-13)10-19-16-8-7-14(17)9-15(16)18/h3-9,11H,10,18H2,1-2H3. The number of anilines is 1. The number of nitrogen functional groups attached to an aromatic ring is 1. The molecule has 0 aliphatic carbocycles. The maximum absolute atomic E-state index is 5.94. The van der Waals surface area contributed by atoms with Crippen LogP contribution in [0.2, 0.25) is 5.02 Å². The van der Waals surface area contributed by atoms with Crippen LogP contribution in [0, 0.1) is 0 Å². The molecule has 0 spiro atoms. The van der Waals surface area contributed by atoms with Crippen LogP contribution in [0.4, 0.5) is 5.69 Å². The number of thioether (sulfide) groups is 1. The SMILES string of the molecule is CC(C)c1ccc(CSc2ccc(Cl)cc2N)cc1. The minimum Gasteiger partial charge on any atom is -0.398 e. The van der Waals surface area contributed by atoms with Gasteiger partial charge in [0, 0.05) is 21.4 Å². The van der Waals surface area contributed by atoms with Crippen molar-refractivity contribution in [2.24, 2.45) is 0 Å². The molecule has 0 unspecified atom stereocenters. The summed E-state index contributed by atoms with van der Waals surface area (Å²) in [5, 5.41) is 0.683. The largest absolute Gasteiger partial charge is 0.398 e. The van der Waals surface area contributed by atoms with Crippen molar-refractivity contribution in [3.05, 3.63) is 58.6 Å². The van der Waals surface area contributed by atoms with E-state index < -0.39 is 0 Å². The fourth-order valence-corrected chi connectivity index (χ4v) is 2.90. The van der Waals surface area contributed by atoms with Crippen LogP contribution in [-0.2, 0) is 5.75 Å². The Morgan fingerprint density at radius 2 is 1.79 bits per heavy atom. The molecule has 2 aromatic rings. The lowest BCUT2D eigenvalue weighted by molar-refractivity contribution is 0.866. The molecule has 2 aromatic carbocycles. The Bertz CT molecular complexity index is 549. The van der Waals surface area contributed by atoms with E-state index in [1.54, 1.807) is 17.8 Å². The van der Waals surface area contributed by atoms with Crippen molar-refractivity contribution in [1.82, 2.24) is 0 Å². The maximum Gasteiger partial charge on any atom is 0.0467 e. The molecule has 1 nitrogen and oxygen atoms in total. The molecule has 0 saturated heterocycles. The minimum atomic E-state index is 0.577. The van der Waals surface area contributed by atoms with Gasteiger partial charge in [0.25, 0.3) is 0 Å². The zero-order valence-electron chi connectivity index (χ0n) is 11.2. The van der Waals surface area contributed by atoms with E-state index in [2.05, 4.69) is 38.1 Å². The highest BCUT2D eigenvalue weighted by atomic mass is 35.5. The van der Waals surface area contributed by atoms with Gasteiger partial charge in [0.05, 0.1) is 0 Å². The molecular weight excluding hydrogens is 274 g/mol. The molecule has 100 valence electrons. The molecule has 0 aliphatic rings. The van der Waals surface area contributed by atoms with Crippen molar-refractivity contribution in [1.29, 1.82) is 0 Å². The van der Waals surface area contributed by atoms with Gasteiger partial charge in [-0.1, -0.05) is 49.7 Å². The van der Waals surface area contributed by atoms with E-state index in [1.807, 2.05) is 12.1 Å². The normalized spacial score (nSPS) is 10.9. The van der Waals surface area contributed by atoms with Gasteiger partial charge in [-0.3, -0.25) is 0 Å². The second-order valence-electron chi connectivity index (χ2n) is 4.87. The smallest absolute Gasteiger partial charge is 0.0467 e. The molecule has 2 rings (SSSR count). The fraction of sp³-hybridized carbons (Fsp3) is 0.250. The predicted octanol–water partition coefficient (Wildman–Crippen LogP) is 5.34. The lowest BCUT2D eigenvalue weighted by Gasteiger charge is -2.08. The highest BCUT2D eigenvalue weighted by molar-refractivity contribution is 7.98. The molecule has 0 radical (unpaired) electrons. The molecule has 0 saturated carbocycles. The van der Waals surface area contributed by atoms with Gasteiger partial charge in [0.2, 0.25) is 0 Å². The summed E-state index contributed by atoms with van der Waals surface area (Å²) in [7, 11) is 0. The average molecular weight is 292 g/mol. The highest BCUT2D eigenvalue weighted by Crippen LogP contribution is 2.30. The molecule has 2 N–H and O–H groups in total. The Labute approximate surface area is 124 Å². The number of halogens is 1. The molecule has 0 aromatic heterocycles. The Hall–Kier alpha value is -1.12. The number of benzene rings is 2. The maximum atomic E-state index is 5.94. The summed E-state index contributed by atoms with van der Waals surface area (Å²) in [6.07, 6.45) is 0. The van der Waals surface area contributed by atoms with Crippen molar-refractivity contribution < 1.29 is 0 Å². The summed E-state index contributed by atoms with van der Waals surface area (Å²) in [6.45, 7) is 4.41. The van der Waals surface area contributed by atoms with Crippen LogP contribution in [0.5, 0.6) is 0 Å². The first-order chi connectivity index (χ1) is 9.06. The van der Waals surface area contributed by atoms with E-state index in [-0.39, 0.29) is 0 Å². The van der Waals surface area contributed by atoms with Crippen LogP contribution >= 0.6 is 23.4 Å². The van der Waals surface area contributed by atoms with Gasteiger partial charge in [0.1, 0.15) is 0 Å². The van der Waals surface area contributed by atoms with Gasteiger partial charge < -0.3 is 5.73 Å². The summed E-state index contributed by atoms with van der Waals surface area (Å²) in [6, 6.07) is 14.4. The fourth-order valence-electron chi connectivity index (χ4n) is 1.81. The Morgan fingerprint density at radius 3 is 2.37 bits per heavy atom. The zero-order chi connectivity index (χ0) is 13.8. The van der Waals surface area contributed by atoms with Gasteiger partial charge in [-0.2, -0.15) is 0 Å². The molecular formula is C16H18ClNS. The third-order valence-electron chi connectivity index (χ3n) is 3.01. The second-order valence-corrected chi connectivity index (χ2v) is 6.32. The first kappa shape index (κ1) is 14.3. The topological polar surface area (TPSA) is 26.0 Å². The van der Waals surface area contributed by atoms with Crippen LogP contribution in [0.3, 0.4) is 0 Å². The molecule has 3 heteroatoms. The van der Waals surface area contributed by atoms with Gasteiger partial charge in [-0.05, 0) is 35.2 Å². The van der Waals surface area contributed by atoms with E-state index in [1.165, 1.54) is 11.1 Å². The van der Waals surface area contributed by atoms with Gasteiger partial charge in [-0.25, -0.2) is 0 Å². The van der Waals surface area contributed by atoms with Crippen LogP contribution in [-0.4, -0.2) is 0 Å². The summed E-state index contributed by atoms with van der Waals surface area (Å²) >= 11 is 7.63. The number of hydrogen-bond donors (Lipinski definition) is 1. The summed E-state index contributed by atoms with van der Waals surface area (Å²) in [5.74, 6) is 1.50. The number of nitrogens with two attached hydrogens (primary N) is 1. The summed E-state index contributed by atoms with van der Waals surface area (Å²) < 4.78 is 0. The molecule has 19 heavy (non-hydrogen) atoms. The first-order valence-corrected chi connectivity index (χ1v) is 7.69. The molecule has 0 fully saturated rings.